The molecule has 45 heavy (non-hydrogen) atoms. The second-order valence-corrected chi connectivity index (χ2v) is 11.8. The fourth-order valence-corrected chi connectivity index (χ4v) is 7.07. The van der Waals surface area contributed by atoms with Crippen molar-refractivity contribution in [2.75, 3.05) is 4.90 Å². The molecule has 0 radical (unpaired) electrons. The summed E-state index contributed by atoms with van der Waals surface area (Å²) in [7, 11) is 0. The van der Waals surface area contributed by atoms with Gasteiger partial charge in [0.15, 0.2) is 0 Å². The zero-order chi connectivity index (χ0) is 29.7. The molecule has 9 rings (SSSR count). The van der Waals surface area contributed by atoms with Crippen molar-refractivity contribution in [2.24, 2.45) is 0 Å². The van der Waals surface area contributed by atoms with Gasteiger partial charge in [-0.25, -0.2) is 0 Å². The van der Waals surface area contributed by atoms with Gasteiger partial charge in [-0.1, -0.05) is 109 Å². The molecular weight excluding hydrogens is 544 g/mol. The summed E-state index contributed by atoms with van der Waals surface area (Å²) >= 11 is 0. The molecule has 2 heteroatoms. The first-order valence-corrected chi connectivity index (χ1v) is 15.6. The predicted molar refractivity (Wildman–Crippen MR) is 189 cm³/mol. The fourth-order valence-electron chi connectivity index (χ4n) is 7.07. The number of benzene rings is 7. The van der Waals surface area contributed by atoms with E-state index < -0.39 is 0 Å². The van der Waals surface area contributed by atoms with Gasteiger partial charge in [0.2, 0.25) is 0 Å². The molecule has 0 saturated carbocycles. The van der Waals surface area contributed by atoms with E-state index in [0.717, 1.165) is 6.42 Å². The molecule has 0 bridgehead atoms. The lowest BCUT2D eigenvalue weighted by Gasteiger charge is -2.34. The van der Waals surface area contributed by atoms with Gasteiger partial charge in [0.05, 0.1) is 11.0 Å². The summed E-state index contributed by atoms with van der Waals surface area (Å²) in [4.78, 5) is 2.41. The maximum atomic E-state index is 2.41. The van der Waals surface area contributed by atoms with Gasteiger partial charge in [-0.15, -0.1) is 0 Å². The highest BCUT2D eigenvalue weighted by atomic mass is 15.2. The highest BCUT2D eigenvalue weighted by Crippen LogP contribution is 2.46. The maximum Gasteiger partial charge on any atom is 0.0541 e. The summed E-state index contributed by atoms with van der Waals surface area (Å²) in [6.07, 6.45) is 0.891. The number of hydrogen-bond donors (Lipinski definition) is 0. The number of aromatic nitrogens is 1. The molecule has 0 spiro atoms. The van der Waals surface area contributed by atoms with Crippen molar-refractivity contribution in [3.8, 4) is 27.9 Å². The second kappa shape index (κ2) is 10.4. The van der Waals surface area contributed by atoms with Crippen LogP contribution in [0.3, 0.4) is 0 Å². The number of para-hydroxylation sites is 3. The molecule has 0 saturated heterocycles. The van der Waals surface area contributed by atoms with Crippen LogP contribution in [0, 0.1) is 0 Å². The van der Waals surface area contributed by atoms with E-state index in [9.17, 15) is 0 Å². The Kier molecular flexibility index (Phi) is 5.92. The first kappa shape index (κ1) is 25.6. The molecule has 0 atom stereocenters. The number of nitrogens with zero attached hydrogens (tertiary/aromatic N) is 2. The molecule has 1 aromatic heterocycles. The predicted octanol–water partition coefficient (Wildman–Crippen LogP) is 11.5. The van der Waals surface area contributed by atoms with E-state index in [1.807, 2.05) is 0 Å². The van der Waals surface area contributed by atoms with Crippen LogP contribution in [-0.2, 0) is 6.42 Å². The number of hydrogen-bond acceptors (Lipinski definition) is 1. The molecule has 1 aliphatic heterocycles. The van der Waals surface area contributed by atoms with Gasteiger partial charge >= 0.3 is 0 Å². The lowest BCUT2D eigenvalue weighted by Crippen LogP contribution is -2.18. The third-order valence-corrected chi connectivity index (χ3v) is 9.18. The van der Waals surface area contributed by atoms with Gasteiger partial charge < -0.3 is 9.47 Å². The first-order valence-electron chi connectivity index (χ1n) is 15.6. The molecular formula is C43H30N2. The van der Waals surface area contributed by atoms with E-state index in [2.05, 4.69) is 179 Å². The van der Waals surface area contributed by atoms with E-state index in [1.54, 1.807) is 0 Å². The summed E-state index contributed by atoms with van der Waals surface area (Å²) in [5, 5.41) is 2.57. The normalized spacial score (nSPS) is 12.3. The summed E-state index contributed by atoms with van der Waals surface area (Å²) in [5.74, 6) is 0. The maximum absolute atomic E-state index is 2.41. The summed E-state index contributed by atoms with van der Waals surface area (Å²) < 4.78 is 2.38. The Labute approximate surface area is 263 Å². The highest BCUT2D eigenvalue weighted by molar-refractivity contribution is 6.09. The fraction of sp³-hybridized carbons (Fsp3) is 0.0233. The van der Waals surface area contributed by atoms with Crippen molar-refractivity contribution in [3.63, 3.8) is 0 Å². The minimum absolute atomic E-state index is 0.891. The standard InChI is InChI=1S/C43H30N2/c1-3-11-30(12-4-1)32-21-25-40-34(27-32)29-35-28-33(22-26-41(35)44(40)36-13-5-2-6-14-36)31-19-23-37(24-20-31)45-42-17-9-7-15-38(42)39-16-8-10-18-43(39)45/h1-28H,29H2. The van der Waals surface area contributed by atoms with Crippen LogP contribution in [0.5, 0.6) is 0 Å². The largest absolute Gasteiger partial charge is 0.310 e. The number of anilines is 3. The lowest BCUT2D eigenvalue weighted by atomic mass is 9.90. The van der Waals surface area contributed by atoms with E-state index >= 15 is 0 Å². The lowest BCUT2D eigenvalue weighted by molar-refractivity contribution is 1.09. The van der Waals surface area contributed by atoms with E-state index in [-0.39, 0.29) is 0 Å². The van der Waals surface area contributed by atoms with Crippen molar-refractivity contribution < 1.29 is 0 Å². The Balaban J connectivity index is 1.13. The minimum Gasteiger partial charge on any atom is -0.310 e. The smallest absolute Gasteiger partial charge is 0.0541 e. The Bertz CT molecular complexity index is 2280. The Morgan fingerprint density at radius 2 is 0.822 bits per heavy atom. The molecule has 8 aromatic rings. The van der Waals surface area contributed by atoms with Crippen molar-refractivity contribution in [1.29, 1.82) is 0 Å². The van der Waals surface area contributed by atoms with Crippen molar-refractivity contribution in [1.82, 2.24) is 4.57 Å². The second-order valence-electron chi connectivity index (χ2n) is 11.8. The molecule has 212 valence electrons. The van der Waals surface area contributed by atoms with Crippen LogP contribution >= 0.6 is 0 Å². The van der Waals surface area contributed by atoms with Crippen molar-refractivity contribution >= 4 is 38.9 Å². The minimum atomic E-state index is 0.891. The van der Waals surface area contributed by atoms with Gasteiger partial charge in [-0.05, 0) is 94.0 Å². The third-order valence-electron chi connectivity index (χ3n) is 9.18. The van der Waals surface area contributed by atoms with Gasteiger partial charge in [0.1, 0.15) is 0 Å². The van der Waals surface area contributed by atoms with E-state index in [4.69, 9.17) is 0 Å². The molecule has 0 N–H and O–H groups in total. The van der Waals surface area contributed by atoms with Gasteiger partial charge in [-0.2, -0.15) is 0 Å². The monoisotopic (exact) mass is 574 g/mol. The van der Waals surface area contributed by atoms with Gasteiger partial charge in [0.25, 0.3) is 0 Å². The molecule has 0 aliphatic carbocycles. The molecule has 2 nitrogen and oxygen atoms in total. The molecule has 7 aromatic carbocycles. The number of fused-ring (bicyclic) bond motifs is 5. The third kappa shape index (κ3) is 4.26. The zero-order valence-electron chi connectivity index (χ0n) is 24.8. The summed E-state index contributed by atoms with van der Waals surface area (Å²) in [6.45, 7) is 0. The van der Waals surface area contributed by atoms with Crippen LogP contribution in [0.1, 0.15) is 11.1 Å². The molecule has 0 unspecified atom stereocenters. The molecule has 0 fully saturated rings. The quantitative estimate of drug-likeness (QED) is 0.203. The molecule has 2 heterocycles. The first-order chi connectivity index (χ1) is 22.3. The number of rotatable bonds is 4. The molecule has 1 aliphatic rings. The summed E-state index contributed by atoms with van der Waals surface area (Å²) in [5.41, 5.74) is 14.9. The van der Waals surface area contributed by atoms with Crippen LogP contribution in [0.25, 0.3) is 49.7 Å². The van der Waals surface area contributed by atoms with Gasteiger partial charge in [0, 0.05) is 39.9 Å². The Morgan fingerprint density at radius 3 is 1.40 bits per heavy atom. The van der Waals surface area contributed by atoms with Crippen LogP contribution in [0.15, 0.2) is 170 Å². The topological polar surface area (TPSA) is 8.17 Å². The van der Waals surface area contributed by atoms with Crippen molar-refractivity contribution in [3.05, 3.63) is 181 Å². The van der Waals surface area contributed by atoms with Crippen LogP contribution < -0.4 is 4.90 Å². The van der Waals surface area contributed by atoms with Gasteiger partial charge in [-0.3, -0.25) is 0 Å². The average Bonchev–Trinajstić information content (AvgIpc) is 3.45. The van der Waals surface area contributed by atoms with Crippen molar-refractivity contribution in [2.45, 2.75) is 6.42 Å². The highest BCUT2D eigenvalue weighted by Gasteiger charge is 2.25. The van der Waals surface area contributed by atoms with Crippen LogP contribution in [0.2, 0.25) is 0 Å². The Morgan fingerprint density at radius 1 is 0.356 bits per heavy atom. The van der Waals surface area contributed by atoms with E-state index in [0.29, 0.717) is 0 Å². The average molecular weight is 575 g/mol. The molecule has 0 amide bonds. The van der Waals surface area contributed by atoms with E-state index in [1.165, 1.54) is 77.9 Å². The van der Waals surface area contributed by atoms with Crippen LogP contribution in [0.4, 0.5) is 17.1 Å². The van der Waals surface area contributed by atoms with Crippen LogP contribution in [-0.4, -0.2) is 4.57 Å². The SMILES string of the molecule is c1ccc(-c2ccc3c(c2)Cc2cc(-c4ccc(-n5c6ccccc6c6ccccc65)cc4)ccc2N3c2ccccc2)cc1. The summed E-state index contributed by atoms with van der Waals surface area (Å²) in [6, 6.07) is 61.7. The Hall–Kier alpha value is -5.86. The zero-order valence-corrected chi connectivity index (χ0v) is 24.8.